The van der Waals surface area contributed by atoms with Gasteiger partial charge in [0.25, 0.3) is 0 Å². The molecule has 1 saturated carbocycles. The molecule has 0 unspecified atom stereocenters. The van der Waals surface area contributed by atoms with Gasteiger partial charge >= 0.3 is 6.09 Å². The molecule has 0 aromatic heterocycles. The highest BCUT2D eigenvalue weighted by Gasteiger charge is 2.33. The van der Waals surface area contributed by atoms with Crippen LogP contribution in [0.2, 0.25) is 0 Å². The number of amides is 1. The lowest BCUT2D eigenvalue weighted by molar-refractivity contribution is -0.117. The number of hydrogen-bond donors (Lipinski definition) is 0. The minimum atomic E-state index is -0.208. The largest absolute Gasteiger partial charge is 0.446 e. The summed E-state index contributed by atoms with van der Waals surface area (Å²) in [4.78, 5) is 23.2. The van der Waals surface area contributed by atoms with E-state index in [1.54, 1.807) is 4.90 Å². The number of nitrogens with zero attached hydrogens (tertiary/aromatic N) is 1. The Morgan fingerprint density at radius 1 is 1.38 bits per heavy atom. The molecule has 0 N–H and O–H groups in total. The molecule has 4 nitrogen and oxygen atoms in total. The maximum atomic E-state index is 11.2. The average Bonchev–Trinajstić information content (AvgIpc) is 1.92. The molecule has 0 aromatic rings. The third kappa shape index (κ3) is 1.66. The summed E-state index contributed by atoms with van der Waals surface area (Å²) >= 11 is 0. The van der Waals surface area contributed by atoms with Crippen molar-refractivity contribution in [3.05, 3.63) is 0 Å². The van der Waals surface area contributed by atoms with Gasteiger partial charge in [-0.3, -0.25) is 0 Å². The summed E-state index contributed by atoms with van der Waals surface area (Å²) in [7, 11) is 0. The predicted octanol–water partition coefficient (Wildman–Crippen LogP) is 0.806. The van der Waals surface area contributed by atoms with Crippen LogP contribution in [0.15, 0.2) is 0 Å². The zero-order chi connectivity index (χ0) is 9.26. The lowest BCUT2D eigenvalue weighted by Gasteiger charge is -2.36. The van der Waals surface area contributed by atoms with Crippen LogP contribution < -0.4 is 0 Å². The number of aldehydes is 1. The van der Waals surface area contributed by atoms with Gasteiger partial charge in [0.15, 0.2) is 0 Å². The topological polar surface area (TPSA) is 46.6 Å². The van der Waals surface area contributed by atoms with Crippen LogP contribution in [-0.2, 0) is 9.53 Å². The van der Waals surface area contributed by atoms with Crippen LogP contribution in [0.5, 0.6) is 0 Å². The molecular formula is C9H13NO3. The smallest absolute Gasteiger partial charge is 0.410 e. The van der Waals surface area contributed by atoms with Crippen molar-refractivity contribution in [2.24, 2.45) is 5.92 Å². The summed E-state index contributed by atoms with van der Waals surface area (Å²) in [6.07, 6.45) is 3.22. The fraction of sp³-hybridized carbons (Fsp3) is 0.778. The highest BCUT2D eigenvalue weighted by atomic mass is 16.6. The second kappa shape index (κ2) is 3.36. The van der Waals surface area contributed by atoms with Crippen LogP contribution in [0, 0.1) is 5.92 Å². The van der Waals surface area contributed by atoms with Gasteiger partial charge in [-0.25, -0.2) is 4.79 Å². The van der Waals surface area contributed by atoms with E-state index >= 15 is 0 Å². The van der Waals surface area contributed by atoms with Gasteiger partial charge in [-0.15, -0.1) is 0 Å². The SMILES string of the molecule is O=CC1CC(OC(=O)N2CCC2)C1. The Morgan fingerprint density at radius 3 is 2.54 bits per heavy atom. The van der Waals surface area contributed by atoms with Gasteiger partial charge in [0.2, 0.25) is 0 Å². The van der Waals surface area contributed by atoms with Crippen molar-refractivity contribution in [2.45, 2.75) is 25.4 Å². The molecular weight excluding hydrogens is 170 g/mol. The van der Waals surface area contributed by atoms with Crippen molar-refractivity contribution >= 4 is 12.4 Å². The molecule has 0 atom stereocenters. The molecule has 13 heavy (non-hydrogen) atoms. The summed E-state index contributed by atoms with van der Waals surface area (Å²) in [5, 5.41) is 0. The van der Waals surface area contributed by atoms with Gasteiger partial charge in [-0.2, -0.15) is 0 Å². The molecule has 2 fully saturated rings. The number of ether oxygens (including phenoxy) is 1. The Morgan fingerprint density at radius 2 is 2.08 bits per heavy atom. The minimum absolute atomic E-state index is 0.0108. The molecule has 0 spiro atoms. The Bertz CT molecular complexity index is 219. The standard InChI is InChI=1S/C9H13NO3/c11-6-7-4-8(5-7)13-9(12)10-2-1-3-10/h6-8H,1-5H2. The molecule has 0 radical (unpaired) electrons. The molecule has 1 amide bonds. The first kappa shape index (κ1) is 8.53. The van der Waals surface area contributed by atoms with Gasteiger partial charge in [0.05, 0.1) is 0 Å². The van der Waals surface area contributed by atoms with Crippen molar-refractivity contribution in [1.82, 2.24) is 4.90 Å². The van der Waals surface area contributed by atoms with Crippen molar-refractivity contribution in [3.63, 3.8) is 0 Å². The summed E-state index contributed by atoms with van der Waals surface area (Å²) < 4.78 is 5.15. The van der Waals surface area contributed by atoms with E-state index < -0.39 is 0 Å². The first-order valence-electron chi connectivity index (χ1n) is 4.70. The molecule has 4 heteroatoms. The van der Waals surface area contributed by atoms with Crippen LogP contribution in [0.1, 0.15) is 19.3 Å². The maximum absolute atomic E-state index is 11.2. The minimum Gasteiger partial charge on any atom is -0.446 e. The van der Waals surface area contributed by atoms with Gasteiger partial charge in [-0.1, -0.05) is 0 Å². The number of carbonyl (C=O) groups is 2. The number of carbonyl (C=O) groups excluding carboxylic acids is 2. The summed E-state index contributed by atoms with van der Waals surface area (Å²) in [5.74, 6) is 0.120. The van der Waals surface area contributed by atoms with E-state index in [2.05, 4.69) is 0 Å². The molecule has 0 aromatic carbocycles. The average molecular weight is 183 g/mol. The van der Waals surface area contributed by atoms with E-state index in [9.17, 15) is 9.59 Å². The highest BCUT2D eigenvalue weighted by Crippen LogP contribution is 2.29. The first-order chi connectivity index (χ1) is 6.29. The van der Waals surface area contributed by atoms with Gasteiger partial charge in [-0.05, 0) is 19.3 Å². The summed E-state index contributed by atoms with van der Waals surface area (Å²) in [6.45, 7) is 1.64. The van der Waals surface area contributed by atoms with Crippen LogP contribution in [0.3, 0.4) is 0 Å². The molecule has 1 aliphatic carbocycles. The van der Waals surface area contributed by atoms with E-state index in [0.29, 0.717) is 12.8 Å². The monoisotopic (exact) mass is 183 g/mol. The van der Waals surface area contributed by atoms with Gasteiger partial charge in [0, 0.05) is 19.0 Å². The normalized spacial score (nSPS) is 31.5. The highest BCUT2D eigenvalue weighted by molar-refractivity contribution is 5.69. The van der Waals surface area contributed by atoms with Crippen LogP contribution >= 0.6 is 0 Å². The third-order valence-electron chi connectivity index (χ3n) is 2.71. The van der Waals surface area contributed by atoms with E-state index in [4.69, 9.17) is 4.74 Å². The molecule has 2 rings (SSSR count). The Balaban J connectivity index is 1.67. The van der Waals surface area contributed by atoms with E-state index in [1.165, 1.54) is 0 Å². The number of rotatable bonds is 2. The molecule has 0 bridgehead atoms. The molecule has 72 valence electrons. The number of hydrogen-bond acceptors (Lipinski definition) is 3. The van der Waals surface area contributed by atoms with Crippen LogP contribution in [0.25, 0.3) is 0 Å². The maximum Gasteiger partial charge on any atom is 0.410 e. The molecule has 1 heterocycles. The lowest BCUT2D eigenvalue weighted by atomic mass is 9.83. The van der Waals surface area contributed by atoms with E-state index in [1.807, 2.05) is 0 Å². The van der Waals surface area contributed by atoms with Gasteiger partial charge < -0.3 is 14.4 Å². The Kier molecular flexibility index (Phi) is 2.20. The van der Waals surface area contributed by atoms with Crippen molar-refractivity contribution < 1.29 is 14.3 Å². The van der Waals surface area contributed by atoms with Gasteiger partial charge in [0.1, 0.15) is 12.4 Å². The van der Waals surface area contributed by atoms with Crippen LogP contribution in [0.4, 0.5) is 4.79 Å². The van der Waals surface area contributed by atoms with Crippen molar-refractivity contribution in [3.8, 4) is 0 Å². The second-order valence-electron chi connectivity index (χ2n) is 3.71. The Hall–Kier alpha value is -1.06. The van der Waals surface area contributed by atoms with Crippen molar-refractivity contribution in [1.29, 1.82) is 0 Å². The first-order valence-corrected chi connectivity index (χ1v) is 4.70. The van der Waals surface area contributed by atoms with E-state index in [-0.39, 0.29) is 18.1 Å². The van der Waals surface area contributed by atoms with Crippen molar-refractivity contribution in [2.75, 3.05) is 13.1 Å². The fourth-order valence-corrected chi connectivity index (χ4v) is 1.53. The molecule has 1 saturated heterocycles. The quantitative estimate of drug-likeness (QED) is 0.595. The fourth-order valence-electron chi connectivity index (χ4n) is 1.53. The van der Waals surface area contributed by atoms with Crippen LogP contribution in [-0.4, -0.2) is 36.5 Å². The lowest BCUT2D eigenvalue weighted by Crippen LogP contribution is -2.45. The Labute approximate surface area is 76.8 Å². The summed E-state index contributed by atoms with van der Waals surface area (Å²) in [5.41, 5.74) is 0. The predicted molar refractivity (Wildman–Crippen MR) is 45.2 cm³/mol. The number of likely N-dealkylation sites (tertiary alicyclic amines) is 1. The molecule has 1 aliphatic heterocycles. The molecule has 2 aliphatic rings. The van der Waals surface area contributed by atoms with E-state index in [0.717, 1.165) is 25.8 Å². The zero-order valence-electron chi connectivity index (χ0n) is 7.44. The zero-order valence-corrected chi connectivity index (χ0v) is 7.44. The second-order valence-corrected chi connectivity index (χ2v) is 3.71. The third-order valence-corrected chi connectivity index (χ3v) is 2.71. The summed E-state index contributed by atoms with van der Waals surface area (Å²) in [6, 6.07) is 0.